The standard InChI is InChI=1S/C11H7N3O3S/c1-17-11(16)5-4-12-6-2-3-7-9(14-18-13-7)8(6)10(5)15/h2-4,14H,1H3. The number of esters is 1. The van der Waals surface area contributed by atoms with Crippen LogP contribution in [0.4, 0.5) is 0 Å². The Morgan fingerprint density at radius 1 is 1.39 bits per heavy atom. The zero-order valence-electron chi connectivity index (χ0n) is 9.26. The normalized spacial score (nSPS) is 10.9. The molecule has 0 aliphatic heterocycles. The lowest BCUT2D eigenvalue weighted by atomic mass is 10.1. The van der Waals surface area contributed by atoms with Crippen LogP contribution in [0, 0.1) is 0 Å². The number of nitrogens with zero attached hydrogens (tertiary/aromatic N) is 2. The molecule has 3 aromatic rings. The van der Waals surface area contributed by atoms with E-state index in [1.165, 1.54) is 13.3 Å². The summed E-state index contributed by atoms with van der Waals surface area (Å²) in [6.07, 6.45) is 1.24. The van der Waals surface area contributed by atoms with Gasteiger partial charge in [0.25, 0.3) is 0 Å². The van der Waals surface area contributed by atoms with Crippen molar-refractivity contribution in [3.63, 3.8) is 0 Å². The van der Waals surface area contributed by atoms with Crippen LogP contribution in [0.1, 0.15) is 10.4 Å². The Balaban J connectivity index is 2.49. The lowest BCUT2D eigenvalue weighted by Gasteiger charge is -2.00. The van der Waals surface area contributed by atoms with Gasteiger partial charge in [-0.25, -0.2) is 4.79 Å². The summed E-state index contributed by atoms with van der Waals surface area (Å²) in [5.41, 5.74) is 1.33. The van der Waals surface area contributed by atoms with Crippen LogP contribution >= 0.6 is 11.7 Å². The average Bonchev–Trinajstić information content (AvgIpc) is 2.86. The Bertz CT molecular complexity index is 821. The number of carbonyl (C=O) groups is 1. The van der Waals surface area contributed by atoms with E-state index in [4.69, 9.17) is 0 Å². The second kappa shape index (κ2) is 3.88. The predicted octanol–water partition coefficient (Wildman–Crippen LogP) is 1.32. The number of H-pyrrole nitrogens is 1. The zero-order valence-corrected chi connectivity index (χ0v) is 10.1. The van der Waals surface area contributed by atoms with Crippen molar-refractivity contribution in [2.45, 2.75) is 0 Å². The fourth-order valence-electron chi connectivity index (χ4n) is 1.80. The van der Waals surface area contributed by atoms with Crippen molar-refractivity contribution in [1.82, 2.24) is 13.7 Å². The SMILES string of the molecule is COC(=O)c1cnc2ccc3ns[nH]c3c2c1=O. The molecule has 0 spiro atoms. The number of methoxy groups -OCH3 is 1. The molecular weight excluding hydrogens is 254 g/mol. The molecule has 7 heteroatoms. The van der Waals surface area contributed by atoms with Crippen molar-refractivity contribution in [3.05, 3.63) is 34.1 Å². The summed E-state index contributed by atoms with van der Waals surface area (Å²) >= 11 is 1.14. The first-order chi connectivity index (χ1) is 8.72. The van der Waals surface area contributed by atoms with Gasteiger partial charge in [-0.15, -0.1) is 0 Å². The Hall–Kier alpha value is -2.28. The number of aromatic nitrogens is 3. The van der Waals surface area contributed by atoms with E-state index >= 15 is 0 Å². The van der Waals surface area contributed by atoms with Gasteiger partial charge in [-0.1, -0.05) is 0 Å². The molecule has 18 heavy (non-hydrogen) atoms. The minimum absolute atomic E-state index is 0.0721. The molecule has 0 atom stereocenters. The van der Waals surface area contributed by atoms with Gasteiger partial charge in [0.2, 0.25) is 5.43 Å². The third-order valence-corrected chi connectivity index (χ3v) is 3.25. The van der Waals surface area contributed by atoms with Gasteiger partial charge < -0.3 is 4.74 Å². The Labute approximate surface area is 105 Å². The molecule has 0 aliphatic carbocycles. The molecule has 6 nitrogen and oxygen atoms in total. The number of rotatable bonds is 1. The maximum Gasteiger partial charge on any atom is 0.343 e. The second-order valence-corrected chi connectivity index (χ2v) is 4.20. The molecular formula is C11H7N3O3S. The monoisotopic (exact) mass is 261 g/mol. The summed E-state index contributed by atoms with van der Waals surface area (Å²) in [4.78, 5) is 27.8. The lowest BCUT2D eigenvalue weighted by molar-refractivity contribution is 0.0599. The summed E-state index contributed by atoms with van der Waals surface area (Å²) in [6.45, 7) is 0. The number of pyridine rings is 1. The van der Waals surface area contributed by atoms with Gasteiger partial charge in [0.05, 0.1) is 23.5 Å². The largest absolute Gasteiger partial charge is 0.465 e. The molecule has 2 aromatic heterocycles. The van der Waals surface area contributed by atoms with Gasteiger partial charge in [-0.3, -0.25) is 14.2 Å². The smallest absolute Gasteiger partial charge is 0.343 e. The molecule has 1 aromatic carbocycles. The molecule has 0 bridgehead atoms. The van der Waals surface area contributed by atoms with Crippen molar-refractivity contribution in [2.75, 3.05) is 7.11 Å². The van der Waals surface area contributed by atoms with Crippen molar-refractivity contribution < 1.29 is 9.53 Å². The molecule has 2 heterocycles. The molecule has 90 valence electrons. The fourth-order valence-corrected chi connectivity index (χ4v) is 2.39. The number of hydrogen-bond donors (Lipinski definition) is 1. The van der Waals surface area contributed by atoms with E-state index in [0.717, 1.165) is 11.7 Å². The summed E-state index contributed by atoms with van der Waals surface area (Å²) in [6, 6.07) is 3.47. The summed E-state index contributed by atoms with van der Waals surface area (Å²) in [5, 5.41) is 0.365. The fraction of sp³-hybridized carbons (Fsp3) is 0.0909. The highest BCUT2D eigenvalue weighted by Crippen LogP contribution is 2.19. The first-order valence-electron chi connectivity index (χ1n) is 5.06. The van der Waals surface area contributed by atoms with Gasteiger partial charge in [0.1, 0.15) is 11.1 Å². The Morgan fingerprint density at radius 2 is 2.17 bits per heavy atom. The van der Waals surface area contributed by atoms with Crippen LogP contribution in [0.2, 0.25) is 0 Å². The van der Waals surface area contributed by atoms with E-state index in [1.807, 2.05) is 0 Å². The van der Waals surface area contributed by atoms with Crippen LogP contribution < -0.4 is 5.43 Å². The first-order valence-corrected chi connectivity index (χ1v) is 5.84. The van der Waals surface area contributed by atoms with Crippen LogP contribution in [0.15, 0.2) is 23.1 Å². The minimum atomic E-state index is -0.686. The maximum atomic E-state index is 12.3. The number of fused-ring (bicyclic) bond motifs is 3. The maximum absolute atomic E-state index is 12.3. The molecule has 1 N–H and O–H groups in total. The zero-order chi connectivity index (χ0) is 12.7. The molecule has 0 saturated heterocycles. The van der Waals surface area contributed by atoms with Crippen LogP contribution in [0.5, 0.6) is 0 Å². The number of hydrogen-bond acceptors (Lipinski definition) is 6. The van der Waals surface area contributed by atoms with E-state index in [9.17, 15) is 9.59 Å². The van der Waals surface area contributed by atoms with E-state index in [-0.39, 0.29) is 5.56 Å². The predicted molar refractivity (Wildman–Crippen MR) is 66.9 cm³/mol. The van der Waals surface area contributed by atoms with Crippen molar-refractivity contribution in [2.24, 2.45) is 0 Å². The third-order valence-electron chi connectivity index (χ3n) is 2.66. The van der Waals surface area contributed by atoms with E-state index < -0.39 is 11.4 Å². The van der Waals surface area contributed by atoms with Crippen molar-refractivity contribution >= 4 is 39.6 Å². The quantitative estimate of drug-likeness (QED) is 0.668. The second-order valence-electron chi connectivity index (χ2n) is 3.63. The highest BCUT2D eigenvalue weighted by molar-refractivity contribution is 7.00. The number of aromatic amines is 1. The third kappa shape index (κ3) is 1.41. The van der Waals surface area contributed by atoms with E-state index in [0.29, 0.717) is 21.9 Å². The number of carbonyl (C=O) groups excluding carboxylic acids is 1. The van der Waals surface area contributed by atoms with Crippen LogP contribution in [0.3, 0.4) is 0 Å². The van der Waals surface area contributed by atoms with Gasteiger partial charge in [-0.05, 0) is 12.1 Å². The topological polar surface area (TPSA) is 84.9 Å². The average molecular weight is 261 g/mol. The Morgan fingerprint density at radius 3 is 2.94 bits per heavy atom. The Kier molecular flexibility index (Phi) is 2.34. The molecule has 0 unspecified atom stereocenters. The summed E-state index contributed by atoms with van der Waals surface area (Å²) in [5.74, 6) is -0.686. The minimum Gasteiger partial charge on any atom is -0.465 e. The summed E-state index contributed by atoms with van der Waals surface area (Å²) in [7, 11) is 1.23. The van der Waals surface area contributed by atoms with E-state index in [1.54, 1.807) is 12.1 Å². The van der Waals surface area contributed by atoms with Crippen molar-refractivity contribution in [1.29, 1.82) is 0 Å². The van der Waals surface area contributed by atoms with E-state index in [2.05, 4.69) is 18.5 Å². The number of benzene rings is 1. The molecule has 3 rings (SSSR count). The van der Waals surface area contributed by atoms with Gasteiger partial charge >= 0.3 is 5.97 Å². The lowest BCUT2D eigenvalue weighted by Crippen LogP contribution is -2.17. The van der Waals surface area contributed by atoms with Crippen LogP contribution in [-0.4, -0.2) is 26.8 Å². The number of ether oxygens (including phenoxy) is 1. The molecule has 0 amide bonds. The highest BCUT2D eigenvalue weighted by Gasteiger charge is 2.16. The van der Waals surface area contributed by atoms with Crippen molar-refractivity contribution in [3.8, 4) is 0 Å². The first kappa shape index (κ1) is 10.8. The molecule has 0 radical (unpaired) electrons. The highest BCUT2D eigenvalue weighted by atomic mass is 32.1. The summed E-state index contributed by atoms with van der Waals surface area (Å²) < 4.78 is 11.6. The van der Waals surface area contributed by atoms with Gasteiger partial charge in [0, 0.05) is 17.9 Å². The van der Waals surface area contributed by atoms with Crippen LogP contribution in [0.25, 0.3) is 21.9 Å². The molecule has 0 aliphatic rings. The molecule has 0 fully saturated rings. The van der Waals surface area contributed by atoms with Crippen LogP contribution in [-0.2, 0) is 4.74 Å². The van der Waals surface area contributed by atoms with Gasteiger partial charge in [0.15, 0.2) is 0 Å². The molecule has 0 saturated carbocycles. The number of nitrogens with one attached hydrogen (secondary N) is 1. The van der Waals surface area contributed by atoms with Gasteiger partial charge in [-0.2, -0.15) is 4.37 Å².